The highest BCUT2D eigenvalue weighted by atomic mass is 19.1. The van der Waals surface area contributed by atoms with Crippen LogP contribution in [0.3, 0.4) is 0 Å². The molecule has 20 heavy (non-hydrogen) atoms. The Morgan fingerprint density at radius 3 is 2.75 bits per heavy atom. The van der Waals surface area contributed by atoms with Gasteiger partial charge in [-0.2, -0.15) is 0 Å². The highest BCUT2D eigenvalue weighted by molar-refractivity contribution is 5.95. The molecule has 1 amide bonds. The minimum atomic E-state index is -0.341. The monoisotopic (exact) mass is 273 g/mol. The summed E-state index contributed by atoms with van der Waals surface area (Å²) in [4.78, 5) is 11.9. The molecule has 2 aromatic carbocycles. The molecule has 2 aromatic rings. The van der Waals surface area contributed by atoms with Gasteiger partial charge in [-0.15, -0.1) is 0 Å². The van der Waals surface area contributed by atoms with Gasteiger partial charge in [-0.1, -0.05) is 24.3 Å². The fourth-order valence-corrected chi connectivity index (χ4v) is 1.81. The zero-order chi connectivity index (χ0) is 14.4. The quantitative estimate of drug-likeness (QED) is 0.851. The number of halogens is 1. The van der Waals surface area contributed by atoms with Gasteiger partial charge in [0.15, 0.2) is 0 Å². The van der Waals surface area contributed by atoms with E-state index in [1.54, 1.807) is 18.2 Å². The second-order valence-corrected chi connectivity index (χ2v) is 4.38. The molecule has 3 nitrogen and oxygen atoms in total. The van der Waals surface area contributed by atoms with Crippen molar-refractivity contribution in [3.05, 3.63) is 65.5 Å². The topological polar surface area (TPSA) is 38.3 Å². The zero-order valence-electron chi connectivity index (χ0n) is 11.2. The van der Waals surface area contributed by atoms with Gasteiger partial charge >= 0.3 is 0 Å². The molecule has 0 atom stereocenters. The van der Waals surface area contributed by atoms with Gasteiger partial charge in [0.2, 0.25) is 0 Å². The first-order valence-electron chi connectivity index (χ1n) is 6.39. The van der Waals surface area contributed by atoms with Crippen molar-refractivity contribution in [3.63, 3.8) is 0 Å². The van der Waals surface area contributed by atoms with Crippen LogP contribution in [0.2, 0.25) is 0 Å². The molecular weight excluding hydrogens is 257 g/mol. The van der Waals surface area contributed by atoms with Crippen molar-refractivity contribution in [1.29, 1.82) is 0 Å². The van der Waals surface area contributed by atoms with Crippen LogP contribution in [0.5, 0.6) is 5.75 Å². The molecule has 0 spiro atoms. The summed E-state index contributed by atoms with van der Waals surface area (Å²) >= 11 is 0. The van der Waals surface area contributed by atoms with Crippen LogP contribution in [0.15, 0.2) is 48.5 Å². The number of benzene rings is 2. The van der Waals surface area contributed by atoms with Gasteiger partial charge in [0.05, 0.1) is 6.54 Å². The standard InChI is InChI=1S/C16H16FNO2/c1-12-5-2-3-8-15(12)16(19)18-9-10-20-14-7-4-6-13(17)11-14/h2-8,11H,9-10H2,1H3,(H,18,19). The maximum atomic E-state index is 12.9. The number of hydrogen-bond donors (Lipinski definition) is 1. The molecule has 104 valence electrons. The average molecular weight is 273 g/mol. The van der Waals surface area contributed by atoms with E-state index in [9.17, 15) is 9.18 Å². The third-order valence-corrected chi connectivity index (χ3v) is 2.84. The minimum Gasteiger partial charge on any atom is -0.492 e. The summed E-state index contributed by atoms with van der Waals surface area (Å²) in [5.74, 6) is -0.0208. The van der Waals surface area contributed by atoms with Crippen LogP contribution in [0.1, 0.15) is 15.9 Å². The largest absolute Gasteiger partial charge is 0.492 e. The predicted octanol–water partition coefficient (Wildman–Crippen LogP) is 2.94. The van der Waals surface area contributed by atoms with Gasteiger partial charge in [0, 0.05) is 11.6 Å². The number of amides is 1. The van der Waals surface area contributed by atoms with E-state index < -0.39 is 0 Å². The van der Waals surface area contributed by atoms with Crippen LogP contribution in [0.4, 0.5) is 4.39 Å². The first kappa shape index (κ1) is 14.1. The Morgan fingerprint density at radius 1 is 1.20 bits per heavy atom. The van der Waals surface area contributed by atoms with E-state index in [0.717, 1.165) is 5.56 Å². The van der Waals surface area contributed by atoms with E-state index in [1.807, 2.05) is 25.1 Å². The number of nitrogens with one attached hydrogen (secondary N) is 1. The lowest BCUT2D eigenvalue weighted by molar-refractivity contribution is 0.0946. The minimum absolute atomic E-state index is 0.133. The van der Waals surface area contributed by atoms with Gasteiger partial charge < -0.3 is 10.1 Å². The summed E-state index contributed by atoms with van der Waals surface area (Å²) in [6, 6.07) is 13.3. The van der Waals surface area contributed by atoms with Gasteiger partial charge in [-0.3, -0.25) is 4.79 Å². The fraction of sp³-hybridized carbons (Fsp3) is 0.188. The molecule has 1 N–H and O–H groups in total. The lowest BCUT2D eigenvalue weighted by Crippen LogP contribution is -2.28. The van der Waals surface area contributed by atoms with Crippen molar-refractivity contribution in [1.82, 2.24) is 5.32 Å². The van der Waals surface area contributed by atoms with E-state index in [2.05, 4.69) is 5.32 Å². The summed E-state index contributed by atoms with van der Waals surface area (Å²) in [5, 5.41) is 2.77. The van der Waals surface area contributed by atoms with Gasteiger partial charge in [-0.25, -0.2) is 4.39 Å². The molecule has 2 rings (SSSR count). The fourth-order valence-electron chi connectivity index (χ4n) is 1.81. The van der Waals surface area contributed by atoms with Crippen LogP contribution in [-0.4, -0.2) is 19.1 Å². The lowest BCUT2D eigenvalue weighted by Gasteiger charge is -2.09. The zero-order valence-corrected chi connectivity index (χ0v) is 11.2. The second kappa shape index (κ2) is 6.70. The molecular formula is C16H16FNO2. The van der Waals surface area contributed by atoms with Crippen molar-refractivity contribution in [3.8, 4) is 5.75 Å². The maximum Gasteiger partial charge on any atom is 0.251 e. The molecule has 0 bridgehead atoms. The molecule has 0 unspecified atom stereocenters. The summed E-state index contributed by atoms with van der Waals surface area (Å²) in [5.41, 5.74) is 1.58. The second-order valence-electron chi connectivity index (χ2n) is 4.38. The first-order valence-corrected chi connectivity index (χ1v) is 6.39. The third-order valence-electron chi connectivity index (χ3n) is 2.84. The molecule has 0 aliphatic heterocycles. The van der Waals surface area contributed by atoms with Crippen LogP contribution in [0, 0.1) is 12.7 Å². The Hall–Kier alpha value is -2.36. The first-order chi connectivity index (χ1) is 9.66. The van der Waals surface area contributed by atoms with E-state index >= 15 is 0 Å². The molecule has 0 fully saturated rings. The van der Waals surface area contributed by atoms with E-state index in [0.29, 0.717) is 24.5 Å². The third kappa shape index (κ3) is 3.82. The molecule has 0 radical (unpaired) electrons. The van der Waals surface area contributed by atoms with Crippen LogP contribution in [-0.2, 0) is 0 Å². The summed E-state index contributed by atoms with van der Waals surface area (Å²) in [6.07, 6.45) is 0. The molecule has 0 saturated heterocycles. The lowest BCUT2D eigenvalue weighted by atomic mass is 10.1. The average Bonchev–Trinajstić information content (AvgIpc) is 2.44. The molecule has 0 saturated carbocycles. The van der Waals surface area contributed by atoms with Crippen molar-refractivity contribution < 1.29 is 13.9 Å². The summed E-state index contributed by atoms with van der Waals surface area (Å²) in [7, 11) is 0. The summed E-state index contributed by atoms with van der Waals surface area (Å²) in [6.45, 7) is 2.54. The molecule has 4 heteroatoms. The normalized spacial score (nSPS) is 10.1. The highest BCUT2D eigenvalue weighted by Crippen LogP contribution is 2.11. The number of aryl methyl sites for hydroxylation is 1. The van der Waals surface area contributed by atoms with E-state index in [1.165, 1.54) is 12.1 Å². The maximum absolute atomic E-state index is 12.9. The van der Waals surface area contributed by atoms with Crippen molar-refractivity contribution in [2.24, 2.45) is 0 Å². The Bertz CT molecular complexity index is 599. The van der Waals surface area contributed by atoms with Crippen molar-refractivity contribution >= 4 is 5.91 Å². The molecule has 0 aromatic heterocycles. The number of rotatable bonds is 5. The Morgan fingerprint density at radius 2 is 2.00 bits per heavy atom. The predicted molar refractivity (Wildman–Crippen MR) is 75.4 cm³/mol. The van der Waals surface area contributed by atoms with Crippen molar-refractivity contribution in [2.75, 3.05) is 13.2 Å². The Balaban J connectivity index is 1.79. The highest BCUT2D eigenvalue weighted by Gasteiger charge is 2.06. The summed E-state index contributed by atoms with van der Waals surface area (Å²) < 4.78 is 18.3. The Kier molecular flexibility index (Phi) is 4.71. The smallest absolute Gasteiger partial charge is 0.251 e. The number of carbonyl (C=O) groups excluding carboxylic acids is 1. The van der Waals surface area contributed by atoms with E-state index in [4.69, 9.17) is 4.74 Å². The van der Waals surface area contributed by atoms with Gasteiger partial charge in [-0.05, 0) is 30.7 Å². The van der Waals surface area contributed by atoms with E-state index in [-0.39, 0.29) is 11.7 Å². The number of ether oxygens (including phenoxy) is 1. The van der Waals surface area contributed by atoms with Gasteiger partial charge in [0.1, 0.15) is 18.2 Å². The SMILES string of the molecule is Cc1ccccc1C(=O)NCCOc1cccc(F)c1. The number of carbonyl (C=O) groups is 1. The number of hydrogen-bond acceptors (Lipinski definition) is 2. The molecule has 0 heterocycles. The van der Waals surface area contributed by atoms with Crippen molar-refractivity contribution in [2.45, 2.75) is 6.92 Å². The Labute approximate surface area is 117 Å². The van der Waals surface area contributed by atoms with Crippen LogP contribution in [0.25, 0.3) is 0 Å². The van der Waals surface area contributed by atoms with Crippen LogP contribution < -0.4 is 10.1 Å². The van der Waals surface area contributed by atoms with Crippen LogP contribution >= 0.6 is 0 Å². The molecule has 0 aliphatic carbocycles. The molecule has 0 aliphatic rings. The van der Waals surface area contributed by atoms with Gasteiger partial charge in [0.25, 0.3) is 5.91 Å².